The molecule has 1 rings (SSSR count). The quantitative estimate of drug-likeness (QED) is 0.738. The molecule has 13 heavy (non-hydrogen) atoms. The van der Waals surface area contributed by atoms with E-state index in [9.17, 15) is 4.79 Å². The fourth-order valence-corrected chi connectivity index (χ4v) is 0.602. The maximum Gasteiger partial charge on any atom is 0.313 e. The van der Waals surface area contributed by atoms with Crippen molar-refractivity contribution in [2.24, 2.45) is 5.73 Å². The summed E-state index contributed by atoms with van der Waals surface area (Å²) in [6.07, 6.45) is 0. The summed E-state index contributed by atoms with van der Waals surface area (Å²) >= 11 is 8.80. The molecule has 0 fully saturated rings. The summed E-state index contributed by atoms with van der Waals surface area (Å²) in [4.78, 5) is 19.4. The van der Waals surface area contributed by atoms with E-state index < -0.39 is 4.70 Å². The normalized spacial score (nSPS) is 8.15. The van der Waals surface area contributed by atoms with E-state index in [0.29, 0.717) is 5.56 Å². The van der Waals surface area contributed by atoms with E-state index in [1.54, 1.807) is 24.3 Å². The van der Waals surface area contributed by atoms with Crippen LogP contribution in [0, 0.1) is 0 Å². The monoisotopic (exact) mass is 219 g/mol. The van der Waals surface area contributed by atoms with Crippen molar-refractivity contribution in [3.05, 3.63) is 35.9 Å². The molecule has 0 saturated heterocycles. The van der Waals surface area contributed by atoms with Gasteiger partial charge in [0.25, 0.3) is 0 Å². The van der Waals surface area contributed by atoms with Gasteiger partial charge in [-0.15, -0.1) is 0 Å². The predicted molar refractivity (Wildman–Crippen MR) is 52.1 cm³/mol. The summed E-state index contributed by atoms with van der Waals surface area (Å²) in [5.74, 6) is -0.379. The number of rotatable bonds is 1. The summed E-state index contributed by atoms with van der Waals surface area (Å²) in [5.41, 5.74) is 5.53. The summed E-state index contributed by atoms with van der Waals surface area (Å²) in [7, 11) is 0. The van der Waals surface area contributed by atoms with E-state index >= 15 is 0 Å². The van der Waals surface area contributed by atoms with E-state index in [0.717, 1.165) is 0 Å². The number of benzene rings is 1. The molecule has 70 valence electrons. The molecule has 0 spiro atoms. The molecule has 3 nitrogen and oxygen atoms in total. The van der Waals surface area contributed by atoms with Gasteiger partial charge in [0.05, 0.1) is 0 Å². The van der Waals surface area contributed by atoms with Crippen LogP contribution in [0.4, 0.5) is 4.79 Å². The predicted octanol–water partition coefficient (Wildman–Crippen LogP) is 2.37. The third kappa shape index (κ3) is 7.31. The lowest BCUT2D eigenvalue weighted by Crippen LogP contribution is -2.09. The molecule has 0 atom stereocenters. The van der Waals surface area contributed by atoms with E-state index in [4.69, 9.17) is 10.5 Å². The second kappa shape index (κ2) is 6.46. The first kappa shape index (κ1) is 11.9. The van der Waals surface area contributed by atoms with Crippen molar-refractivity contribution in [2.45, 2.75) is 0 Å². The molecule has 0 unspecified atom stereocenters. The van der Waals surface area contributed by atoms with Crippen LogP contribution >= 0.6 is 23.2 Å². The Morgan fingerprint density at radius 3 is 1.69 bits per heavy atom. The van der Waals surface area contributed by atoms with Crippen LogP contribution in [0.3, 0.4) is 0 Å². The van der Waals surface area contributed by atoms with Gasteiger partial charge in [-0.05, 0) is 35.3 Å². The van der Waals surface area contributed by atoms with Crippen LogP contribution in [0.2, 0.25) is 0 Å². The highest BCUT2D eigenvalue weighted by Crippen LogP contribution is 1.94. The Morgan fingerprint density at radius 2 is 1.46 bits per heavy atom. The van der Waals surface area contributed by atoms with Crippen LogP contribution in [-0.2, 0) is 0 Å². The second-order valence-corrected chi connectivity index (χ2v) is 2.84. The van der Waals surface area contributed by atoms with E-state index in [2.05, 4.69) is 23.2 Å². The minimum atomic E-state index is -0.889. The molecular formula is C8H7Cl2NO2. The lowest BCUT2D eigenvalue weighted by atomic mass is 10.2. The minimum absolute atomic E-state index is 0.379. The molecule has 0 heterocycles. The molecule has 0 bridgehead atoms. The van der Waals surface area contributed by atoms with Gasteiger partial charge in [-0.1, -0.05) is 18.2 Å². The van der Waals surface area contributed by atoms with Crippen molar-refractivity contribution in [3.8, 4) is 0 Å². The second-order valence-electron chi connectivity index (χ2n) is 1.96. The number of primary amides is 1. The standard InChI is InChI=1S/C7H7NO.CCl2O/c8-7(9)6-4-2-1-3-5-6;2-1(3)4/h1-5H,(H2,8,9);. The first-order valence-corrected chi connectivity index (χ1v) is 3.99. The molecule has 1 aromatic rings. The van der Waals surface area contributed by atoms with Crippen molar-refractivity contribution in [2.75, 3.05) is 0 Å². The molecule has 1 aromatic carbocycles. The summed E-state index contributed by atoms with van der Waals surface area (Å²) in [6.45, 7) is 0. The smallest absolute Gasteiger partial charge is 0.313 e. The van der Waals surface area contributed by atoms with Crippen LogP contribution < -0.4 is 5.73 Å². The number of hydrogen-bond acceptors (Lipinski definition) is 2. The third-order valence-corrected chi connectivity index (χ3v) is 1.06. The topological polar surface area (TPSA) is 60.2 Å². The number of carbonyl (C=O) groups excluding carboxylic acids is 2. The molecule has 0 aliphatic carbocycles. The Bertz CT molecular complexity index is 283. The SMILES string of the molecule is NC(=O)c1ccccc1.O=C(Cl)Cl. The van der Waals surface area contributed by atoms with Gasteiger partial charge in [-0.25, -0.2) is 0 Å². The molecule has 0 saturated carbocycles. The van der Waals surface area contributed by atoms with Crippen molar-refractivity contribution in [1.29, 1.82) is 0 Å². The summed E-state index contributed by atoms with van der Waals surface area (Å²) in [6, 6.07) is 8.76. The van der Waals surface area contributed by atoms with Crippen molar-refractivity contribution < 1.29 is 9.59 Å². The molecule has 0 aliphatic heterocycles. The van der Waals surface area contributed by atoms with Crippen LogP contribution in [-0.4, -0.2) is 10.6 Å². The molecule has 0 aromatic heterocycles. The highest BCUT2D eigenvalue weighted by Gasteiger charge is 1.93. The van der Waals surface area contributed by atoms with E-state index in [1.165, 1.54) is 0 Å². The number of amides is 1. The minimum Gasteiger partial charge on any atom is -0.366 e. The molecule has 2 N–H and O–H groups in total. The number of carbonyl (C=O) groups is 2. The molecule has 0 aliphatic rings. The largest absolute Gasteiger partial charge is 0.366 e. The first-order chi connectivity index (χ1) is 6.04. The summed E-state index contributed by atoms with van der Waals surface area (Å²) < 4.78 is -0.889. The lowest BCUT2D eigenvalue weighted by Gasteiger charge is -1.89. The zero-order valence-corrected chi connectivity index (χ0v) is 8.05. The fourth-order valence-electron chi connectivity index (χ4n) is 0.602. The van der Waals surface area contributed by atoms with E-state index in [1.807, 2.05) is 6.07 Å². The van der Waals surface area contributed by atoms with Gasteiger partial charge in [-0.3, -0.25) is 9.59 Å². The maximum absolute atomic E-state index is 10.4. The Hall–Kier alpha value is -1.06. The van der Waals surface area contributed by atoms with Gasteiger partial charge in [0.2, 0.25) is 5.91 Å². The van der Waals surface area contributed by atoms with Crippen LogP contribution in [0.1, 0.15) is 10.4 Å². The van der Waals surface area contributed by atoms with Crippen LogP contribution in [0.5, 0.6) is 0 Å². The maximum atomic E-state index is 10.4. The first-order valence-electron chi connectivity index (χ1n) is 3.24. The molecular weight excluding hydrogens is 213 g/mol. The van der Waals surface area contributed by atoms with E-state index in [-0.39, 0.29) is 5.91 Å². The van der Waals surface area contributed by atoms with Crippen molar-refractivity contribution in [3.63, 3.8) is 0 Å². The Kier molecular flexibility index (Phi) is 5.93. The van der Waals surface area contributed by atoms with Crippen LogP contribution in [0.15, 0.2) is 30.3 Å². The molecule has 0 radical (unpaired) electrons. The Labute approximate surface area is 85.4 Å². The molecule has 1 amide bonds. The van der Waals surface area contributed by atoms with Crippen LogP contribution in [0.25, 0.3) is 0 Å². The number of halogens is 2. The lowest BCUT2D eigenvalue weighted by molar-refractivity contribution is 0.100. The molecule has 5 heteroatoms. The zero-order chi connectivity index (χ0) is 10.3. The van der Waals surface area contributed by atoms with Crippen molar-refractivity contribution >= 4 is 33.8 Å². The van der Waals surface area contributed by atoms with Gasteiger partial charge in [0, 0.05) is 5.56 Å². The average Bonchev–Trinajstić information content (AvgIpc) is 2.05. The highest BCUT2D eigenvalue weighted by atomic mass is 35.5. The Morgan fingerprint density at radius 1 is 1.08 bits per heavy atom. The average molecular weight is 220 g/mol. The Balaban J connectivity index is 0.000000310. The fraction of sp³-hybridized carbons (Fsp3) is 0. The van der Waals surface area contributed by atoms with Gasteiger partial charge in [0.15, 0.2) is 0 Å². The highest BCUT2D eigenvalue weighted by molar-refractivity contribution is 6.93. The van der Waals surface area contributed by atoms with Crippen molar-refractivity contribution in [1.82, 2.24) is 0 Å². The summed E-state index contributed by atoms with van der Waals surface area (Å²) in [5, 5.41) is 0. The number of hydrogen-bond donors (Lipinski definition) is 1. The third-order valence-electron chi connectivity index (χ3n) is 1.06. The number of nitrogens with two attached hydrogens (primary N) is 1. The van der Waals surface area contributed by atoms with Gasteiger partial charge < -0.3 is 5.73 Å². The van der Waals surface area contributed by atoms with Gasteiger partial charge >= 0.3 is 4.70 Å². The van der Waals surface area contributed by atoms with Gasteiger partial charge in [-0.2, -0.15) is 0 Å². The van der Waals surface area contributed by atoms with Gasteiger partial charge in [0.1, 0.15) is 0 Å². The zero-order valence-electron chi connectivity index (χ0n) is 6.54.